The number of carbonyl (C=O) groups is 2. The molecule has 0 bridgehead atoms. The van der Waals surface area contributed by atoms with Crippen molar-refractivity contribution < 1.29 is 9.59 Å². The molecule has 0 spiro atoms. The van der Waals surface area contributed by atoms with E-state index in [9.17, 15) is 9.59 Å². The summed E-state index contributed by atoms with van der Waals surface area (Å²) in [6, 6.07) is 16.5. The van der Waals surface area contributed by atoms with Crippen LogP contribution in [0.3, 0.4) is 0 Å². The topological polar surface area (TPSA) is 82.3 Å². The number of rotatable bonds is 7. The number of carbonyl (C=O) groups excluding carboxylic acids is 2. The minimum absolute atomic E-state index is 0.0669. The van der Waals surface area contributed by atoms with Crippen molar-refractivity contribution in [3.05, 3.63) is 60.2 Å². The van der Waals surface area contributed by atoms with Gasteiger partial charge in [0.05, 0.1) is 6.04 Å². The van der Waals surface area contributed by atoms with E-state index in [0.29, 0.717) is 18.0 Å². The number of nitrogens with one attached hydrogen (secondary N) is 4. The first-order valence-corrected chi connectivity index (χ1v) is 10.3. The molecule has 4 N–H and O–H groups in total. The number of hydrogen-bond acceptors (Lipinski definition) is 3. The lowest BCUT2D eigenvalue weighted by molar-refractivity contribution is -0.122. The Labute approximate surface area is 172 Å². The van der Waals surface area contributed by atoms with Gasteiger partial charge < -0.3 is 21.3 Å². The maximum absolute atomic E-state index is 12.3. The van der Waals surface area contributed by atoms with Gasteiger partial charge in [-0.15, -0.1) is 0 Å². The zero-order valence-corrected chi connectivity index (χ0v) is 16.9. The van der Waals surface area contributed by atoms with Gasteiger partial charge in [-0.05, 0) is 75.0 Å². The maximum Gasteiger partial charge on any atom is 0.323 e. The van der Waals surface area contributed by atoms with E-state index in [1.165, 1.54) is 0 Å². The second-order valence-electron chi connectivity index (χ2n) is 7.59. The van der Waals surface area contributed by atoms with E-state index in [4.69, 9.17) is 0 Å². The molecule has 1 unspecified atom stereocenters. The zero-order valence-electron chi connectivity index (χ0n) is 16.9. The van der Waals surface area contributed by atoms with Crippen molar-refractivity contribution >= 4 is 23.3 Å². The lowest BCUT2D eigenvalue weighted by Crippen LogP contribution is -2.30. The van der Waals surface area contributed by atoms with E-state index in [0.717, 1.165) is 43.6 Å². The summed E-state index contributed by atoms with van der Waals surface area (Å²) in [5.41, 5.74) is 2.45. The average molecular weight is 395 g/mol. The molecule has 1 heterocycles. The van der Waals surface area contributed by atoms with Gasteiger partial charge in [-0.25, -0.2) is 4.79 Å². The number of benzene rings is 2. The first-order chi connectivity index (χ1) is 14.1. The van der Waals surface area contributed by atoms with Gasteiger partial charge in [0.25, 0.3) is 0 Å². The molecule has 2 aromatic rings. The fourth-order valence-electron chi connectivity index (χ4n) is 3.57. The number of para-hydroxylation sites is 1. The van der Waals surface area contributed by atoms with Crippen LogP contribution in [0.25, 0.3) is 0 Å². The summed E-state index contributed by atoms with van der Waals surface area (Å²) in [6.45, 7) is 4.10. The molecule has 1 aliphatic heterocycles. The van der Waals surface area contributed by atoms with Crippen molar-refractivity contribution in [2.75, 3.05) is 23.7 Å². The Kier molecular flexibility index (Phi) is 7.64. The van der Waals surface area contributed by atoms with Gasteiger partial charge >= 0.3 is 6.03 Å². The Balaban J connectivity index is 1.43. The predicted molar refractivity (Wildman–Crippen MR) is 117 cm³/mol. The van der Waals surface area contributed by atoms with Crippen molar-refractivity contribution in [1.29, 1.82) is 0 Å². The molecule has 1 atom stereocenters. The van der Waals surface area contributed by atoms with Gasteiger partial charge in [-0.3, -0.25) is 4.79 Å². The van der Waals surface area contributed by atoms with Crippen LogP contribution < -0.4 is 21.3 Å². The summed E-state index contributed by atoms with van der Waals surface area (Å²) in [7, 11) is 0. The summed E-state index contributed by atoms with van der Waals surface area (Å²) in [5.74, 6) is 0.755. The molecule has 3 amide bonds. The van der Waals surface area contributed by atoms with E-state index in [1.807, 2.05) is 61.5 Å². The Morgan fingerprint density at radius 2 is 1.59 bits per heavy atom. The molecular formula is C23H30N4O2. The normalized spacial score (nSPS) is 15.3. The van der Waals surface area contributed by atoms with Crippen molar-refractivity contribution in [3.8, 4) is 0 Å². The molecule has 29 heavy (non-hydrogen) atoms. The molecule has 0 saturated carbocycles. The molecule has 1 aliphatic rings. The number of amides is 3. The summed E-state index contributed by atoms with van der Waals surface area (Å²) < 4.78 is 0. The Morgan fingerprint density at radius 3 is 2.24 bits per heavy atom. The van der Waals surface area contributed by atoms with Gasteiger partial charge in [0.1, 0.15) is 0 Å². The summed E-state index contributed by atoms with van der Waals surface area (Å²) in [5, 5.41) is 12.0. The summed E-state index contributed by atoms with van der Waals surface area (Å²) in [4.78, 5) is 24.3. The first kappa shape index (κ1) is 20.9. The number of hydrogen-bond donors (Lipinski definition) is 4. The molecule has 154 valence electrons. The fraction of sp³-hybridized carbons (Fsp3) is 0.391. The molecule has 1 fully saturated rings. The van der Waals surface area contributed by atoms with Gasteiger partial charge in [-0.2, -0.15) is 0 Å². The molecule has 2 aromatic carbocycles. The molecule has 6 nitrogen and oxygen atoms in total. The summed E-state index contributed by atoms with van der Waals surface area (Å²) >= 11 is 0. The second kappa shape index (κ2) is 10.6. The minimum atomic E-state index is -0.289. The van der Waals surface area contributed by atoms with E-state index < -0.39 is 0 Å². The van der Waals surface area contributed by atoms with Crippen LogP contribution in [0.4, 0.5) is 16.2 Å². The second-order valence-corrected chi connectivity index (χ2v) is 7.59. The van der Waals surface area contributed by atoms with E-state index >= 15 is 0 Å². The summed E-state index contributed by atoms with van der Waals surface area (Å²) in [6.07, 6.45) is 3.86. The number of urea groups is 1. The molecule has 6 heteroatoms. The Bertz CT molecular complexity index is 786. The van der Waals surface area contributed by atoms with Crippen LogP contribution in [0.5, 0.6) is 0 Å². The van der Waals surface area contributed by atoms with Crippen LogP contribution in [-0.4, -0.2) is 25.0 Å². The zero-order chi connectivity index (χ0) is 20.5. The van der Waals surface area contributed by atoms with Gasteiger partial charge in [0.2, 0.25) is 5.91 Å². The molecule has 1 saturated heterocycles. The lowest BCUT2D eigenvalue weighted by Gasteiger charge is -2.22. The van der Waals surface area contributed by atoms with E-state index in [2.05, 4.69) is 21.3 Å². The van der Waals surface area contributed by atoms with E-state index in [1.54, 1.807) is 0 Å². The molecule has 0 aliphatic carbocycles. The van der Waals surface area contributed by atoms with Crippen molar-refractivity contribution in [3.63, 3.8) is 0 Å². The standard InChI is InChI=1S/C23H30N4O2/c1-17(25-22(28)12-7-18-13-15-24-16-14-18)19-8-10-21(11-9-19)27-23(29)26-20-5-3-2-4-6-20/h2-6,8-11,17-18,24H,7,12-16H2,1H3,(H,25,28)(H2,26,27,29). The SMILES string of the molecule is CC(NC(=O)CCC1CCNCC1)c1ccc(NC(=O)Nc2ccccc2)cc1. The van der Waals surface area contributed by atoms with Crippen LogP contribution in [0, 0.1) is 5.92 Å². The highest BCUT2D eigenvalue weighted by Crippen LogP contribution is 2.19. The van der Waals surface area contributed by atoms with Crippen LogP contribution in [-0.2, 0) is 4.79 Å². The fourth-order valence-corrected chi connectivity index (χ4v) is 3.57. The average Bonchev–Trinajstić information content (AvgIpc) is 2.74. The number of anilines is 2. The van der Waals surface area contributed by atoms with Crippen molar-refractivity contribution in [2.24, 2.45) is 5.92 Å². The van der Waals surface area contributed by atoms with E-state index in [-0.39, 0.29) is 18.0 Å². The van der Waals surface area contributed by atoms with Crippen LogP contribution >= 0.6 is 0 Å². The lowest BCUT2D eigenvalue weighted by atomic mass is 9.93. The Hall–Kier alpha value is -2.86. The minimum Gasteiger partial charge on any atom is -0.350 e. The van der Waals surface area contributed by atoms with Crippen molar-refractivity contribution in [2.45, 2.75) is 38.6 Å². The maximum atomic E-state index is 12.3. The quantitative estimate of drug-likeness (QED) is 0.565. The molecule has 3 rings (SSSR count). The molecular weight excluding hydrogens is 364 g/mol. The van der Waals surface area contributed by atoms with Crippen molar-refractivity contribution in [1.82, 2.24) is 10.6 Å². The van der Waals surface area contributed by atoms with Gasteiger partial charge in [-0.1, -0.05) is 30.3 Å². The monoisotopic (exact) mass is 394 g/mol. The molecule has 0 radical (unpaired) electrons. The van der Waals surface area contributed by atoms with Gasteiger partial charge in [0.15, 0.2) is 0 Å². The van der Waals surface area contributed by atoms with Crippen LogP contribution in [0.2, 0.25) is 0 Å². The highest BCUT2D eigenvalue weighted by atomic mass is 16.2. The Morgan fingerprint density at radius 1 is 0.966 bits per heavy atom. The highest BCUT2D eigenvalue weighted by Gasteiger charge is 2.16. The molecule has 0 aromatic heterocycles. The van der Waals surface area contributed by atoms with Crippen LogP contribution in [0.1, 0.15) is 44.2 Å². The highest BCUT2D eigenvalue weighted by molar-refractivity contribution is 5.99. The third-order valence-electron chi connectivity index (χ3n) is 5.32. The smallest absolute Gasteiger partial charge is 0.323 e. The van der Waals surface area contributed by atoms with Crippen LogP contribution in [0.15, 0.2) is 54.6 Å². The number of piperidine rings is 1. The first-order valence-electron chi connectivity index (χ1n) is 10.3. The van der Waals surface area contributed by atoms with Gasteiger partial charge in [0, 0.05) is 17.8 Å². The third-order valence-corrected chi connectivity index (χ3v) is 5.32. The largest absolute Gasteiger partial charge is 0.350 e. The predicted octanol–water partition coefficient (Wildman–Crippen LogP) is 4.29. The third kappa shape index (κ3) is 6.91.